The number of nitrogens with zero attached hydrogens (tertiary/aromatic N) is 2. The molecule has 2 heterocycles. The molecule has 0 radical (unpaired) electrons. The Kier molecular flexibility index (Phi) is 8.44. The fourth-order valence-electron chi connectivity index (χ4n) is 4.81. The summed E-state index contributed by atoms with van der Waals surface area (Å²) in [5.41, 5.74) is -0.210. The molecule has 37 heavy (non-hydrogen) atoms. The van der Waals surface area contributed by atoms with Crippen molar-refractivity contribution in [2.45, 2.75) is 31.9 Å². The van der Waals surface area contributed by atoms with Gasteiger partial charge in [0.1, 0.15) is 24.3 Å². The molecule has 1 saturated heterocycles. The number of pyridine rings is 1. The molecular weight excluding hydrogens is 509 g/mol. The summed E-state index contributed by atoms with van der Waals surface area (Å²) in [6, 6.07) is 8.14. The van der Waals surface area contributed by atoms with Crippen LogP contribution in [0.1, 0.15) is 37.4 Å². The van der Waals surface area contributed by atoms with E-state index in [1.165, 1.54) is 13.3 Å². The van der Waals surface area contributed by atoms with E-state index in [0.717, 1.165) is 18.2 Å². The number of halogens is 4. The minimum Gasteiger partial charge on any atom is -0.497 e. The maximum Gasteiger partial charge on any atom is 0.309 e. The predicted octanol–water partition coefficient (Wildman–Crippen LogP) is 6.21. The largest absolute Gasteiger partial charge is 0.497 e. The molecule has 1 N–H and O–H groups in total. The van der Waals surface area contributed by atoms with Crippen LogP contribution in [0.15, 0.2) is 42.6 Å². The third-order valence-electron chi connectivity index (χ3n) is 7.08. The highest BCUT2D eigenvalue weighted by Gasteiger charge is 2.41. The molecule has 0 spiro atoms. The lowest BCUT2D eigenvalue weighted by atomic mass is 9.74. The second kappa shape index (κ2) is 11.6. The second-order valence-corrected chi connectivity index (χ2v) is 9.67. The van der Waals surface area contributed by atoms with Crippen molar-refractivity contribution >= 4 is 28.5 Å². The molecule has 0 aliphatic carbocycles. The lowest BCUT2D eigenvalue weighted by Crippen LogP contribution is -2.45. The van der Waals surface area contributed by atoms with Gasteiger partial charge in [0.2, 0.25) is 0 Å². The van der Waals surface area contributed by atoms with Gasteiger partial charge in [0, 0.05) is 29.8 Å². The number of hydrogen-bond acceptors (Lipinski definition) is 5. The van der Waals surface area contributed by atoms with E-state index >= 15 is 4.39 Å². The van der Waals surface area contributed by atoms with Crippen LogP contribution < -0.4 is 9.47 Å². The Labute approximate surface area is 218 Å². The number of rotatable bonds is 10. The maximum atomic E-state index is 15.6. The highest BCUT2D eigenvalue weighted by Crippen LogP contribution is 2.42. The predicted molar refractivity (Wildman–Crippen MR) is 134 cm³/mol. The summed E-state index contributed by atoms with van der Waals surface area (Å²) in [6.45, 7) is 1.49. The first kappa shape index (κ1) is 27.0. The first-order valence-corrected chi connectivity index (χ1v) is 12.4. The number of ether oxygens (including phenoxy) is 2. The molecule has 198 valence electrons. The van der Waals surface area contributed by atoms with Crippen molar-refractivity contribution in [3.05, 3.63) is 64.8 Å². The third-order valence-corrected chi connectivity index (χ3v) is 7.38. The lowest BCUT2D eigenvalue weighted by Gasteiger charge is -2.39. The van der Waals surface area contributed by atoms with Crippen molar-refractivity contribution in [3.63, 3.8) is 0 Å². The van der Waals surface area contributed by atoms with Crippen LogP contribution in [0, 0.1) is 17.0 Å². The summed E-state index contributed by atoms with van der Waals surface area (Å²) in [5.74, 6) is -1.81. The van der Waals surface area contributed by atoms with E-state index in [-0.39, 0.29) is 35.8 Å². The van der Waals surface area contributed by atoms with Crippen molar-refractivity contribution < 1.29 is 32.5 Å². The number of carbonyl (C=O) groups is 1. The van der Waals surface area contributed by atoms with Crippen molar-refractivity contribution in [1.82, 2.24) is 9.88 Å². The molecule has 0 bridgehead atoms. The molecule has 3 aromatic rings. The highest BCUT2D eigenvalue weighted by molar-refractivity contribution is 6.32. The monoisotopic (exact) mass is 536 g/mol. The van der Waals surface area contributed by atoms with Gasteiger partial charge in [0.25, 0.3) is 0 Å². The van der Waals surface area contributed by atoms with Gasteiger partial charge >= 0.3 is 5.97 Å². The molecule has 6 nitrogen and oxygen atoms in total. The zero-order valence-electron chi connectivity index (χ0n) is 20.4. The number of piperidine rings is 1. The van der Waals surface area contributed by atoms with Gasteiger partial charge in [-0.25, -0.2) is 13.2 Å². The second-order valence-electron chi connectivity index (χ2n) is 9.26. The van der Waals surface area contributed by atoms with Gasteiger partial charge in [-0.15, -0.1) is 0 Å². The zero-order valence-corrected chi connectivity index (χ0v) is 21.1. The van der Waals surface area contributed by atoms with Crippen molar-refractivity contribution in [2.75, 3.05) is 33.4 Å². The summed E-state index contributed by atoms with van der Waals surface area (Å²) < 4.78 is 53.2. The molecule has 0 saturated carbocycles. The van der Waals surface area contributed by atoms with Gasteiger partial charge in [-0.3, -0.25) is 14.7 Å². The van der Waals surface area contributed by atoms with Gasteiger partial charge < -0.3 is 14.6 Å². The summed E-state index contributed by atoms with van der Waals surface area (Å²) in [4.78, 5) is 18.5. The number of carboxylic acids is 1. The maximum absolute atomic E-state index is 15.6. The summed E-state index contributed by atoms with van der Waals surface area (Å²) in [5, 5.41) is 10.8. The van der Waals surface area contributed by atoms with Crippen molar-refractivity contribution in [3.8, 4) is 11.5 Å². The molecule has 1 atom stereocenters. The molecular formula is C27H28ClF3N2O4. The SMILES string of the molecule is COc1ccc2ncc(Cl)c(C(F)CCC3(C(=O)O)CCN(CCOc4cc(F)ccc4F)CC3)c2c1. The van der Waals surface area contributed by atoms with Gasteiger partial charge in [0.05, 0.1) is 23.1 Å². The number of carboxylic acid groups (broad SMARTS) is 1. The number of fused-ring (bicyclic) bond motifs is 1. The van der Waals surface area contributed by atoms with Crippen LogP contribution in [-0.4, -0.2) is 54.3 Å². The first-order chi connectivity index (χ1) is 17.7. The van der Waals surface area contributed by atoms with E-state index in [1.54, 1.807) is 18.2 Å². The quantitative estimate of drug-likeness (QED) is 0.332. The van der Waals surface area contributed by atoms with Crippen LogP contribution in [0.2, 0.25) is 5.02 Å². The molecule has 1 unspecified atom stereocenters. The molecule has 10 heteroatoms. The van der Waals surface area contributed by atoms with Crippen LogP contribution in [0.25, 0.3) is 10.9 Å². The van der Waals surface area contributed by atoms with E-state index in [0.29, 0.717) is 49.1 Å². The van der Waals surface area contributed by atoms with Crippen LogP contribution in [-0.2, 0) is 4.79 Å². The Morgan fingerprint density at radius 1 is 1.22 bits per heavy atom. The Hall–Kier alpha value is -3.04. The number of likely N-dealkylation sites (tertiary alicyclic amines) is 1. The number of aliphatic carboxylic acids is 1. The van der Waals surface area contributed by atoms with Gasteiger partial charge in [-0.2, -0.15) is 0 Å². The van der Waals surface area contributed by atoms with Gasteiger partial charge in [-0.05, 0) is 69.1 Å². The van der Waals surface area contributed by atoms with E-state index in [2.05, 4.69) is 4.98 Å². The van der Waals surface area contributed by atoms with Crippen molar-refractivity contribution in [1.29, 1.82) is 0 Å². The van der Waals surface area contributed by atoms with Gasteiger partial charge in [-0.1, -0.05) is 11.6 Å². The third kappa shape index (κ3) is 6.10. The number of aromatic nitrogens is 1. The Morgan fingerprint density at radius 2 is 1.97 bits per heavy atom. The smallest absolute Gasteiger partial charge is 0.309 e. The summed E-state index contributed by atoms with van der Waals surface area (Å²) in [7, 11) is 1.51. The summed E-state index contributed by atoms with van der Waals surface area (Å²) in [6.07, 6.45) is 0.733. The average Bonchev–Trinajstić information content (AvgIpc) is 2.89. The van der Waals surface area contributed by atoms with Crippen molar-refractivity contribution in [2.24, 2.45) is 5.41 Å². The fraction of sp³-hybridized carbons (Fsp3) is 0.407. The highest BCUT2D eigenvalue weighted by atomic mass is 35.5. The molecule has 1 aliphatic heterocycles. The van der Waals surface area contributed by atoms with E-state index in [4.69, 9.17) is 21.1 Å². The molecule has 2 aromatic carbocycles. The molecule has 1 fully saturated rings. The molecule has 1 aromatic heterocycles. The minimum atomic E-state index is -1.48. The standard InChI is InChI=1S/C27H28ClF3N2O4/c1-36-18-3-5-23-19(15-18)25(20(28)16-32-23)22(31)6-7-27(26(34)35)8-10-33(11-9-27)12-13-37-24-14-17(29)2-4-21(24)30/h2-5,14-16,22H,6-13H2,1H3,(H,34,35). The molecule has 1 aliphatic rings. The Balaban J connectivity index is 1.37. The lowest BCUT2D eigenvalue weighted by molar-refractivity contribution is -0.153. The normalized spacial score (nSPS) is 16.5. The van der Waals surface area contributed by atoms with E-state index in [1.807, 2.05) is 4.90 Å². The number of alkyl halides is 1. The topological polar surface area (TPSA) is 71.9 Å². The number of benzene rings is 2. The van der Waals surface area contributed by atoms with Gasteiger partial charge in [0.15, 0.2) is 11.6 Å². The number of methoxy groups -OCH3 is 1. The van der Waals surface area contributed by atoms with Crippen LogP contribution in [0.3, 0.4) is 0 Å². The van der Waals surface area contributed by atoms with Crippen LogP contribution in [0.4, 0.5) is 13.2 Å². The fourth-order valence-corrected chi connectivity index (χ4v) is 5.08. The molecule has 0 amide bonds. The Morgan fingerprint density at radius 3 is 2.68 bits per heavy atom. The zero-order chi connectivity index (χ0) is 26.6. The first-order valence-electron chi connectivity index (χ1n) is 12.0. The average molecular weight is 537 g/mol. The van der Waals surface area contributed by atoms with E-state index < -0.39 is 29.2 Å². The Bertz CT molecular complexity index is 1270. The summed E-state index contributed by atoms with van der Waals surface area (Å²) >= 11 is 6.32. The van der Waals surface area contributed by atoms with E-state index in [9.17, 15) is 18.7 Å². The molecule has 4 rings (SSSR count). The van der Waals surface area contributed by atoms with Crippen LogP contribution in [0.5, 0.6) is 11.5 Å². The number of hydrogen-bond donors (Lipinski definition) is 1. The van der Waals surface area contributed by atoms with Crippen LogP contribution >= 0.6 is 11.6 Å². The minimum absolute atomic E-state index is 0.00962.